The SMILES string of the molecule is CCOC(=O)C1=C(c2ccccc2)NC(SCCCC#N)=C(C#N)C1c1cccs1. The summed E-state index contributed by atoms with van der Waals surface area (Å²) in [6.07, 6.45) is 1.19. The number of dihydropyridines is 1. The molecule has 7 heteroatoms. The summed E-state index contributed by atoms with van der Waals surface area (Å²) in [6.45, 7) is 2.03. The van der Waals surface area contributed by atoms with Crippen LogP contribution in [0, 0.1) is 22.7 Å². The van der Waals surface area contributed by atoms with Gasteiger partial charge in [0.25, 0.3) is 0 Å². The highest BCUT2D eigenvalue weighted by Gasteiger charge is 2.37. The maximum atomic E-state index is 13.1. The van der Waals surface area contributed by atoms with E-state index >= 15 is 0 Å². The minimum atomic E-state index is -0.496. The molecule has 1 aliphatic heterocycles. The Morgan fingerprint density at radius 3 is 2.67 bits per heavy atom. The fourth-order valence-electron chi connectivity index (χ4n) is 3.22. The lowest BCUT2D eigenvalue weighted by atomic mass is 9.85. The largest absolute Gasteiger partial charge is 0.463 e. The quantitative estimate of drug-likeness (QED) is 0.454. The predicted molar refractivity (Wildman–Crippen MR) is 120 cm³/mol. The zero-order chi connectivity index (χ0) is 21.3. The summed E-state index contributed by atoms with van der Waals surface area (Å²) in [6, 6.07) is 17.9. The van der Waals surface area contributed by atoms with Crippen molar-refractivity contribution in [3.8, 4) is 12.1 Å². The molecule has 1 atom stereocenters. The number of benzene rings is 1. The molecule has 1 aromatic carbocycles. The molecule has 0 radical (unpaired) electrons. The van der Waals surface area contributed by atoms with E-state index in [9.17, 15) is 10.1 Å². The van der Waals surface area contributed by atoms with E-state index in [1.54, 1.807) is 6.92 Å². The number of nitrogens with one attached hydrogen (secondary N) is 1. The summed E-state index contributed by atoms with van der Waals surface area (Å²) >= 11 is 3.02. The molecule has 0 saturated heterocycles. The van der Waals surface area contributed by atoms with Gasteiger partial charge in [-0.2, -0.15) is 10.5 Å². The van der Waals surface area contributed by atoms with Crippen LogP contribution in [0.15, 0.2) is 64.0 Å². The van der Waals surface area contributed by atoms with Crippen molar-refractivity contribution < 1.29 is 9.53 Å². The number of nitriles is 2. The van der Waals surface area contributed by atoms with Gasteiger partial charge in [-0.3, -0.25) is 0 Å². The monoisotopic (exact) mass is 435 g/mol. The van der Waals surface area contributed by atoms with Gasteiger partial charge in [-0.1, -0.05) is 36.4 Å². The first-order chi connectivity index (χ1) is 14.7. The number of nitrogens with zero attached hydrogens (tertiary/aromatic N) is 2. The zero-order valence-corrected chi connectivity index (χ0v) is 18.2. The third-order valence-corrected chi connectivity index (χ3v) is 6.56. The number of esters is 1. The van der Waals surface area contributed by atoms with Crippen LogP contribution < -0.4 is 5.32 Å². The maximum Gasteiger partial charge on any atom is 0.337 e. The number of hydrogen-bond acceptors (Lipinski definition) is 7. The maximum absolute atomic E-state index is 13.1. The molecule has 2 heterocycles. The number of allylic oxidation sites excluding steroid dienone is 1. The van der Waals surface area contributed by atoms with Gasteiger partial charge in [-0.05, 0) is 30.4 Å². The zero-order valence-electron chi connectivity index (χ0n) is 16.6. The first kappa shape index (κ1) is 21.7. The third kappa shape index (κ3) is 4.76. The molecule has 0 saturated carbocycles. The van der Waals surface area contributed by atoms with Gasteiger partial charge in [-0.25, -0.2) is 4.79 Å². The predicted octanol–water partition coefficient (Wildman–Crippen LogP) is 5.18. The van der Waals surface area contributed by atoms with Gasteiger partial charge in [0, 0.05) is 17.1 Å². The number of carbonyl (C=O) groups is 1. The standard InChI is InChI=1S/C23H21N3O2S2/c1-2-28-23(27)20-19(18-11-8-14-29-18)17(15-25)22(30-13-7-6-12-24)26-21(20)16-9-4-3-5-10-16/h3-5,8-11,14,19,26H,2,6-7,13H2,1H3. The van der Waals surface area contributed by atoms with Gasteiger partial charge in [0.05, 0.1) is 46.5 Å². The van der Waals surface area contributed by atoms with E-state index in [0.29, 0.717) is 29.0 Å². The number of unbranched alkanes of at least 4 members (excludes halogenated alkanes) is 1. The number of carbonyl (C=O) groups excluding carboxylic acids is 1. The smallest absolute Gasteiger partial charge is 0.337 e. The van der Waals surface area contributed by atoms with E-state index in [2.05, 4.69) is 17.5 Å². The van der Waals surface area contributed by atoms with E-state index in [1.807, 2.05) is 47.8 Å². The second-order valence-corrected chi connectivity index (χ2v) is 8.50. The molecule has 1 unspecified atom stereocenters. The Hall–Kier alpha value is -3.00. The summed E-state index contributed by atoms with van der Waals surface area (Å²) in [5.41, 5.74) is 2.47. The summed E-state index contributed by atoms with van der Waals surface area (Å²) in [5, 5.41) is 24.9. The molecule has 1 N–H and O–H groups in total. The van der Waals surface area contributed by atoms with E-state index < -0.39 is 11.9 Å². The second kappa shape index (κ2) is 10.7. The molecule has 1 aliphatic rings. The lowest BCUT2D eigenvalue weighted by Crippen LogP contribution is -2.29. The number of rotatable bonds is 8. The van der Waals surface area contributed by atoms with E-state index in [0.717, 1.165) is 21.9 Å². The van der Waals surface area contributed by atoms with Gasteiger partial charge in [-0.15, -0.1) is 23.1 Å². The Bertz CT molecular complexity index is 1030. The minimum absolute atomic E-state index is 0.253. The normalized spacial score (nSPS) is 15.9. The third-order valence-electron chi connectivity index (χ3n) is 4.52. The highest BCUT2D eigenvalue weighted by molar-refractivity contribution is 8.03. The molecule has 0 bridgehead atoms. The number of ether oxygens (including phenoxy) is 1. The summed E-state index contributed by atoms with van der Waals surface area (Å²) in [4.78, 5) is 14.0. The first-order valence-corrected chi connectivity index (χ1v) is 11.5. The van der Waals surface area contributed by atoms with E-state index in [1.165, 1.54) is 23.1 Å². The molecule has 30 heavy (non-hydrogen) atoms. The molecule has 2 aromatic rings. The molecule has 0 aliphatic carbocycles. The van der Waals surface area contributed by atoms with Gasteiger partial charge in [0.2, 0.25) is 0 Å². The Balaban J connectivity index is 2.15. The number of hydrogen-bond donors (Lipinski definition) is 1. The molecular formula is C23H21N3O2S2. The summed E-state index contributed by atoms with van der Waals surface area (Å²) < 4.78 is 5.40. The van der Waals surface area contributed by atoms with Gasteiger partial charge >= 0.3 is 5.97 Å². The van der Waals surface area contributed by atoms with Crippen molar-refractivity contribution in [3.05, 3.63) is 74.5 Å². The highest BCUT2D eigenvalue weighted by Crippen LogP contribution is 2.44. The Morgan fingerprint density at radius 1 is 1.23 bits per heavy atom. The van der Waals surface area contributed by atoms with Crippen LogP contribution in [0.2, 0.25) is 0 Å². The van der Waals surface area contributed by atoms with Crippen LogP contribution in [0.4, 0.5) is 0 Å². The molecule has 5 nitrogen and oxygen atoms in total. The first-order valence-electron chi connectivity index (χ1n) is 9.62. The van der Waals surface area contributed by atoms with Crippen molar-refractivity contribution >= 4 is 34.8 Å². The summed E-state index contributed by atoms with van der Waals surface area (Å²) in [5.74, 6) is -0.220. The van der Waals surface area contributed by atoms with Crippen molar-refractivity contribution in [2.24, 2.45) is 0 Å². The fourth-order valence-corrected chi connectivity index (χ4v) is 5.05. The van der Waals surface area contributed by atoms with Gasteiger partial charge in [0.1, 0.15) is 0 Å². The Kier molecular flexibility index (Phi) is 7.73. The van der Waals surface area contributed by atoms with Crippen molar-refractivity contribution in [3.63, 3.8) is 0 Å². The molecule has 0 amide bonds. The number of thiophene rings is 1. The van der Waals surface area contributed by atoms with Crippen molar-refractivity contribution in [1.82, 2.24) is 5.32 Å². The summed E-state index contributed by atoms with van der Waals surface area (Å²) in [7, 11) is 0. The van der Waals surface area contributed by atoms with E-state index in [4.69, 9.17) is 10.00 Å². The fraction of sp³-hybridized carbons (Fsp3) is 0.261. The molecule has 3 rings (SSSR count). The van der Waals surface area contributed by atoms with Crippen LogP contribution in [-0.2, 0) is 9.53 Å². The lowest BCUT2D eigenvalue weighted by Gasteiger charge is -2.30. The van der Waals surface area contributed by atoms with Crippen LogP contribution in [0.25, 0.3) is 5.70 Å². The van der Waals surface area contributed by atoms with Crippen molar-refractivity contribution in [2.45, 2.75) is 25.7 Å². The molecular weight excluding hydrogens is 414 g/mol. The van der Waals surface area contributed by atoms with Crippen LogP contribution >= 0.6 is 23.1 Å². The number of thioether (sulfide) groups is 1. The van der Waals surface area contributed by atoms with Crippen LogP contribution in [0.1, 0.15) is 36.1 Å². The molecule has 152 valence electrons. The van der Waals surface area contributed by atoms with Crippen molar-refractivity contribution in [1.29, 1.82) is 10.5 Å². The molecule has 0 spiro atoms. The van der Waals surface area contributed by atoms with Gasteiger partial charge < -0.3 is 10.1 Å². The van der Waals surface area contributed by atoms with E-state index in [-0.39, 0.29) is 6.61 Å². The van der Waals surface area contributed by atoms with Gasteiger partial charge in [0.15, 0.2) is 0 Å². The van der Waals surface area contributed by atoms with Crippen LogP contribution in [-0.4, -0.2) is 18.3 Å². The highest BCUT2D eigenvalue weighted by atomic mass is 32.2. The lowest BCUT2D eigenvalue weighted by molar-refractivity contribution is -0.138. The van der Waals surface area contributed by atoms with Crippen LogP contribution in [0.5, 0.6) is 0 Å². The van der Waals surface area contributed by atoms with Crippen LogP contribution in [0.3, 0.4) is 0 Å². The Labute approximate surface area is 184 Å². The average molecular weight is 436 g/mol. The molecule has 0 fully saturated rings. The topological polar surface area (TPSA) is 85.9 Å². The second-order valence-electron chi connectivity index (χ2n) is 6.41. The molecule has 1 aromatic heterocycles. The minimum Gasteiger partial charge on any atom is -0.463 e. The van der Waals surface area contributed by atoms with Crippen molar-refractivity contribution in [2.75, 3.05) is 12.4 Å². The average Bonchev–Trinajstić information content (AvgIpc) is 3.31. The Morgan fingerprint density at radius 2 is 2.03 bits per heavy atom.